The molecule has 0 aliphatic heterocycles. The third-order valence-electron chi connectivity index (χ3n) is 4.57. The van der Waals surface area contributed by atoms with E-state index < -0.39 is 29.8 Å². The van der Waals surface area contributed by atoms with Gasteiger partial charge in [-0.15, -0.1) is 0 Å². The van der Waals surface area contributed by atoms with E-state index in [4.69, 9.17) is 10.9 Å². The fourth-order valence-corrected chi connectivity index (χ4v) is 2.66. The summed E-state index contributed by atoms with van der Waals surface area (Å²) in [4.78, 5) is 35.2. The molecule has 1 unspecified atom stereocenters. The zero-order valence-corrected chi connectivity index (χ0v) is 18.3. The highest BCUT2D eigenvalue weighted by atomic mass is 19.3. The van der Waals surface area contributed by atoms with Gasteiger partial charge in [0.2, 0.25) is 5.91 Å². The first-order chi connectivity index (χ1) is 16.0. The van der Waals surface area contributed by atoms with Gasteiger partial charge < -0.3 is 16.4 Å². The molecule has 6 N–H and O–H groups in total. The van der Waals surface area contributed by atoms with E-state index >= 15 is 0 Å². The molecule has 176 valence electrons. The number of benzene rings is 2. The Kier molecular flexibility index (Phi) is 8.85. The smallest absolute Gasteiger partial charge is 0.268 e. The lowest BCUT2D eigenvalue weighted by atomic mass is 9.92. The van der Waals surface area contributed by atoms with E-state index in [1.165, 1.54) is 36.7 Å². The van der Waals surface area contributed by atoms with Crippen molar-refractivity contribution in [1.82, 2.24) is 10.8 Å². The first kappa shape index (κ1) is 26.0. The Hall–Kier alpha value is -4.25. The summed E-state index contributed by atoms with van der Waals surface area (Å²) in [6.45, 7) is 2.30. The standard InChI is InChI=1S/C24H22F2N4O4/c1-15(31)28-19-13-9-17(10-14-19)6-4-3-5-16-7-11-18(12-8-16)21(32)29-20(22(33)30-34)24(2,27)23(25)26/h7-14,20,23,34H,27H2,1-2H3,(H,28,31)(H,29,32)(H,30,33)/t20-,24?/m1/s1. The molecule has 3 amide bonds. The number of hydroxylamine groups is 1. The second-order valence-corrected chi connectivity index (χ2v) is 7.39. The van der Waals surface area contributed by atoms with Crippen molar-refractivity contribution in [3.8, 4) is 23.7 Å². The molecule has 0 aliphatic carbocycles. The minimum Gasteiger partial charge on any atom is -0.338 e. The van der Waals surface area contributed by atoms with Crippen LogP contribution in [-0.2, 0) is 9.59 Å². The van der Waals surface area contributed by atoms with Gasteiger partial charge in [-0.05, 0) is 67.3 Å². The minimum atomic E-state index is -3.15. The van der Waals surface area contributed by atoms with E-state index in [1.54, 1.807) is 24.3 Å². The van der Waals surface area contributed by atoms with Crippen molar-refractivity contribution in [3.05, 3.63) is 65.2 Å². The summed E-state index contributed by atoms with van der Waals surface area (Å²) in [6.07, 6.45) is -3.15. The number of alkyl halides is 2. The predicted octanol–water partition coefficient (Wildman–Crippen LogP) is 1.63. The normalized spacial score (nSPS) is 12.7. The van der Waals surface area contributed by atoms with Crippen molar-refractivity contribution in [3.63, 3.8) is 0 Å². The van der Waals surface area contributed by atoms with Crippen molar-refractivity contribution in [1.29, 1.82) is 0 Å². The Morgan fingerprint density at radius 2 is 1.47 bits per heavy atom. The maximum Gasteiger partial charge on any atom is 0.268 e. The summed E-state index contributed by atoms with van der Waals surface area (Å²) in [5.74, 6) is 8.73. The van der Waals surface area contributed by atoms with E-state index in [9.17, 15) is 23.2 Å². The van der Waals surface area contributed by atoms with Crippen LogP contribution >= 0.6 is 0 Å². The molecule has 10 heteroatoms. The highest BCUT2D eigenvalue weighted by Crippen LogP contribution is 2.18. The number of hydrogen-bond acceptors (Lipinski definition) is 5. The topological polar surface area (TPSA) is 134 Å². The van der Waals surface area contributed by atoms with Gasteiger partial charge in [0.1, 0.15) is 11.6 Å². The van der Waals surface area contributed by atoms with Crippen LogP contribution in [0.2, 0.25) is 0 Å². The summed E-state index contributed by atoms with van der Waals surface area (Å²) in [7, 11) is 0. The molecule has 0 aliphatic rings. The molecule has 2 aromatic rings. The lowest BCUT2D eigenvalue weighted by molar-refractivity contribution is -0.134. The number of carbonyl (C=O) groups excluding carboxylic acids is 3. The molecule has 2 aromatic carbocycles. The van der Waals surface area contributed by atoms with Crippen molar-refractivity contribution in [2.24, 2.45) is 5.73 Å². The molecule has 2 rings (SSSR count). The molecule has 0 spiro atoms. The molecule has 2 atom stereocenters. The molecule has 8 nitrogen and oxygen atoms in total. The number of anilines is 1. The first-order valence-corrected chi connectivity index (χ1v) is 9.86. The highest BCUT2D eigenvalue weighted by molar-refractivity contribution is 5.98. The monoisotopic (exact) mass is 468 g/mol. The number of nitrogens with one attached hydrogen (secondary N) is 3. The van der Waals surface area contributed by atoms with E-state index in [2.05, 4.69) is 34.3 Å². The van der Waals surface area contributed by atoms with Gasteiger partial charge >= 0.3 is 0 Å². The molecule has 0 fully saturated rings. The second kappa shape index (κ2) is 11.6. The quantitative estimate of drug-likeness (QED) is 0.250. The zero-order chi connectivity index (χ0) is 25.3. The second-order valence-electron chi connectivity index (χ2n) is 7.39. The fraction of sp³-hybridized carbons (Fsp3) is 0.208. The van der Waals surface area contributed by atoms with Gasteiger partial charge in [-0.2, -0.15) is 0 Å². The van der Waals surface area contributed by atoms with E-state index in [1.807, 2.05) is 0 Å². The Balaban J connectivity index is 2.06. The first-order valence-electron chi connectivity index (χ1n) is 9.86. The van der Waals surface area contributed by atoms with Crippen molar-refractivity contribution >= 4 is 23.4 Å². The van der Waals surface area contributed by atoms with Crippen LogP contribution in [0.1, 0.15) is 35.3 Å². The van der Waals surface area contributed by atoms with Crippen molar-refractivity contribution < 1.29 is 28.4 Å². The van der Waals surface area contributed by atoms with Crippen LogP contribution < -0.4 is 21.8 Å². The van der Waals surface area contributed by atoms with Gasteiger partial charge in [-0.25, -0.2) is 14.3 Å². The van der Waals surface area contributed by atoms with Crippen molar-refractivity contribution in [2.45, 2.75) is 31.9 Å². The van der Waals surface area contributed by atoms with Crippen LogP contribution in [0.15, 0.2) is 48.5 Å². The molecule has 34 heavy (non-hydrogen) atoms. The van der Waals surface area contributed by atoms with Crippen LogP contribution in [0.5, 0.6) is 0 Å². The molecular formula is C24H22F2N4O4. The molecule has 0 saturated carbocycles. The Morgan fingerprint density at radius 1 is 0.971 bits per heavy atom. The molecule has 0 radical (unpaired) electrons. The van der Waals surface area contributed by atoms with Gasteiger partial charge in [-0.1, -0.05) is 11.8 Å². The molecule has 0 bridgehead atoms. The lowest BCUT2D eigenvalue weighted by Gasteiger charge is -2.32. The maximum atomic E-state index is 13.2. The third kappa shape index (κ3) is 7.14. The predicted molar refractivity (Wildman–Crippen MR) is 121 cm³/mol. The van der Waals surface area contributed by atoms with E-state index in [-0.39, 0.29) is 11.5 Å². The van der Waals surface area contributed by atoms with E-state index in [0.29, 0.717) is 16.8 Å². The number of carbonyl (C=O) groups is 3. The molecular weight excluding hydrogens is 446 g/mol. The summed E-state index contributed by atoms with van der Waals surface area (Å²) in [5, 5.41) is 13.6. The zero-order valence-electron chi connectivity index (χ0n) is 18.3. The average Bonchev–Trinajstić information content (AvgIpc) is 2.80. The van der Waals surface area contributed by atoms with Gasteiger partial charge in [0, 0.05) is 29.3 Å². The SMILES string of the molecule is CC(=O)Nc1ccc(C#CC#Cc2ccc(C(=O)N[C@H](C(=O)NO)C(C)(N)C(F)F)cc2)cc1. The van der Waals surface area contributed by atoms with Crippen LogP contribution in [0.4, 0.5) is 14.5 Å². The van der Waals surface area contributed by atoms with Gasteiger partial charge in [-0.3, -0.25) is 19.6 Å². The molecule has 0 heterocycles. The number of nitrogens with two attached hydrogens (primary N) is 1. The summed E-state index contributed by atoms with van der Waals surface area (Å²) in [5.41, 5.74) is 6.25. The number of halogens is 2. The van der Waals surface area contributed by atoms with E-state index in [0.717, 1.165) is 6.92 Å². The largest absolute Gasteiger partial charge is 0.338 e. The van der Waals surface area contributed by atoms with Gasteiger partial charge in [0.25, 0.3) is 18.2 Å². The Bertz CT molecular complexity index is 1170. The lowest BCUT2D eigenvalue weighted by Crippen LogP contribution is -2.66. The Morgan fingerprint density at radius 3 is 1.91 bits per heavy atom. The summed E-state index contributed by atoms with van der Waals surface area (Å²) in [6, 6.07) is 10.8. The Labute approximate surface area is 194 Å². The third-order valence-corrected chi connectivity index (χ3v) is 4.57. The van der Waals surface area contributed by atoms with Crippen LogP contribution in [-0.4, -0.2) is 40.9 Å². The maximum absolute atomic E-state index is 13.2. The fourth-order valence-electron chi connectivity index (χ4n) is 2.66. The number of amides is 3. The average molecular weight is 468 g/mol. The van der Waals surface area contributed by atoms with Crippen LogP contribution in [0, 0.1) is 23.7 Å². The van der Waals surface area contributed by atoms with Crippen LogP contribution in [0.25, 0.3) is 0 Å². The summed E-state index contributed by atoms with van der Waals surface area (Å²) >= 11 is 0. The summed E-state index contributed by atoms with van der Waals surface area (Å²) < 4.78 is 26.4. The highest BCUT2D eigenvalue weighted by Gasteiger charge is 2.44. The number of rotatable bonds is 6. The minimum absolute atomic E-state index is 0.0664. The number of hydrogen-bond donors (Lipinski definition) is 5. The molecule has 0 saturated heterocycles. The van der Waals surface area contributed by atoms with Gasteiger partial charge in [0.05, 0.1) is 0 Å². The molecule has 0 aromatic heterocycles. The van der Waals surface area contributed by atoms with Gasteiger partial charge in [0.15, 0.2) is 0 Å². The van der Waals surface area contributed by atoms with Crippen LogP contribution in [0.3, 0.4) is 0 Å². The van der Waals surface area contributed by atoms with Crippen molar-refractivity contribution in [2.75, 3.05) is 5.32 Å².